The lowest BCUT2D eigenvalue weighted by atomic mass is 9.74. The lowest BCUT2D eigenvalue weighted by molar-refractivity contribution is 0.179. The van der Waals surface area contributed by atoms with Gasteiger partial charge in [-0.2, -0.15) is 0 Å². The molecule has 0 nitrogen and oxygen atoms in total. The molecule has 0 aromatic rings. The Kier molecular flexibility index (Phi) is 42.6. The Balaban J connectivity index is -0.000000727. The normalized spacial score (nSPS) is 30.1. The van der Waals surface area contributed by atoms with E-state index in [0.717, 1.165) is 82.9 Å². The summed E-state index contributed by atoms with van der Waals surface area (Å²) in [5.74, 6) is 13.8. The van der Waals surface area contributed by atoms with Crippen molar-refractivity contribution in [1.29, 1.82) is 0 Å². The molecule has 0 heterocycles. The SMILES string of the molecule is CC1C(C)(C)CCC1(C)C.CC1CC(C)C(C)C1.CC1CCC(C)C1C.CC1CCCC1.CC1CCC[C@H]1C.CCC(C)(C)C.CCC(C)CC.CCC1CCC1.CCCC(C)C.C[C@@H]1CCCC1(C)C. The van der Waals surface area contributed by atoms with E-state index in [1.165, 1.54) is 161 Å². The fraction of sp³-hybridized carbons (Fsp3) is 1.00. The minimum Gasteiger partial charge on any atom is -0.0654 e. The molecule has 7 saturated carbocycles. The second-order valence-corrected chi connectivity index (χ2v) is 30.4. The van der Waals surface area contributed by atoms with Gasteiger partial charge in [0.05, 0.1) is 0 Å². The van der Waals surface area contributed by atoms with Crippen molar-refractivity contribution >= 4 is 0 Å². The van der Waals surface area contributed by atoms with Crippen LogP contribution in [-0.4, -0.2) is 0 Å². The van der Waals surface area contributed by atoms with Crippen LogP contribution in [0.15, 0.2) is 0 Å². The molecule has 7 fully saturated rings. The molecule has 0 aliphatic heterocycles. The Bertz CT molecular complexity index is 1090. The summed E-state index contributed by atoms with van der Waals surface area (Å²) in [7, 11) is 0. The molecule has 7 atom stereocenters. The van der Waals surface area contributed by atoms with Crippen molar-refractivity contribution in [1.82, 2.24) is 0 Å². The van der Waals surface area contributed by atoms with Crippen molar-refractivity contribution in [2.24, 2.45) is 105 Å². The maximum absolute atomic E-state index is 2.40. The third-order valence-electron chi connectivity index (χ3n) is 21.0. The third kappa shape index (κ3) is 38.2. The molecule has 5 unspecified atom stereocenters. The van der Waals surface area contributed by atoms with Gasteiger partial charge < -0.3 is 0 Å². The van der Waals surface area contributed by atoms with Crippen LogP contribution in [0.25, 0.3) is 0 Å². The van der Waals surface area contributed by atoms with Crippen molar-refractivity contribution in [3.05, 3.63) is 0 Å². The van der Waals surface area contributed by atoms with E-state index in [4.69, 9.17) is 0 Å². The number of hydrogen-bond donors (Lipinski definition) is 0. The maximum Gasteiger partial charge on any atom is -0.0323 e. The van der Waals surface area contributed by atoms with Gasteiger partial charge in [0.1, 0.15) is 0 Å². The van der Waals surface area contributed by atoms with E-state index in [1.54, 1.807) is 0 Å². The Morgan fingerprint density at radius 2 is 0.845 bits per heavy atom. The zero-order valence-corrected chi connectivity index (χ0v) is 55.8. The Labute approximate surface area is 456 Å². The first kappa shape index (κ1) is 75.2. The summed E-state index contributed by atoms with van der Waals surface area (Å²) in [6.07, 6.45) is 35.9. The molecule has 0 amide bonds. The summed E-state index contributed by atoms with van der Waals surface area (Å²) in [5.41, 5.74) is 2.37. The zero-order chi connectivity index (χ0) is 55.8. The highest BCUT2D eigenvalue weighted by Gasteiger charge is 2.43. The first-order valence-corrected chi connectivity index (χ1v) is 32.7. The van der Waals surface area contributed by atoms with Gasteiger partial charge in [-0.3, -0.25) is 0 Å². The van der Waals surface area contributed by atoms with Gasteiger partial charge in [0.25, 0.3) is 0 Å². The van der Waals surface area contributed by atoms with Gasteiger partial charge in [0.15, 0.2) is 0 Å². The van der Waals surface area contributed by atoms with E-state index in [1.807, 2.05) is 0 Å². The Morgan fingerprint density at radius 1 is 0.437 bits per heavy atom. The van der Waals surface area contributed by atoms with E-state index >= 15 is 0 Å². The molecule has 432 valence electrons. The lowest BCUT2D eigenvalue weighted by Gasteiger charge is -2.31. The third-order valence-corrected chi connectivity index (χ3v) is 21.0. The molecule has 0 heteroatoms. The van der Waals surface area contributed by atoms with Crippen LogP contribution in [0.5, 0.6) is 0 Å². The average Bonchev–Trinajstić information content (AvgIpc) is 4.13. The van der Waals surface area contributed by atoms with Gasteiger partial charge in [-0.1, -0.05) is 322 Å². The van der Waals surface area contributed by atoms with Gasteiger partial charge >= 0.3 is 0 Å². The molecule has 7 rings (SSSR count). The standard InChI is InChI=1S/C10H20.3C8H16.C7H14.2C6H12.3C6H14/c1-8-9(2,3)6-7-10(8,4)5;1-6-4-7(2)8(3)5-6;1-7-5-4-6-8(7,2)3;1-6-4-5-7(2)8(6)3;1-6-4-3-5-7(6)2;1-6-4-2-3-5-6;1-2-6-4-3-5-6;1-5-6(2,3)4;1-4-5-6(2)3;1-4-6(3)5-2/h8H,6-7H2,1-5H3;6-8H,4-5H2,1-3H3;7H,4-6H2,1-3H3;6-8H,4-5H2,1-3H3;6-7H,3-5H2,1-2H3;2*6H,2-5H2,1H3;5H2,1-4H3;2*6H,4-5H2,1-3H3/t;;7-;;6-,7?;;;;;/m..1.1...../s1. The maximum atomic E-state index is 2.40. The quantitative estimate of drug-likeness (QED) is 0.257. The molecule has 0 aromatic heterocycles. The fourth-order valence-corrected chi connectivity index (χ4v) is 11.3. The second kappa shape index (κ2) is 40.2. The molecule has 0 spiro atoms. The highest BCUT2D eigenvalue weighted by Crippen LogP contribution is 2.53. The minimum absolute atomic E-state index is 0.542. The molecule has 7 aliphatic rings. The van der Waals surface area contributed by atoms with Crippen LogP contribution in [0.3, 0.4) is 0 Å². The lowest BCUT2D eigenvalue weighted by Crippen LogP contribution is -2.24. The summed E-state index contributed by atoms with van der Waals surface area (Å²) in [6.45, 7) is 65.1. The Hall–Kier alpha value is 0. The van der Waals surface area contributed by atoms with Crippen molar-refractivity contribution in [3.8, 4) is 0 Å². The van der Waals surface area contributed by atoms with Crippen LogP contribution in [0.4, 0.5) is 0 Å². The average molecular weight is 1000 g/mol. The van der Waals surface area contributed by atoms with Gasteiger partial charge in [-0.05, 0) is 137 Å². The predicted molar refractivity (Wildman–Crippen MR) is 333 cm³/mol. The van der Waals surface area contributed by atoms with E-state index in [-0.39, 0.29) is 0 Å². The molecular formula is C71H148. The molecule has 0 bridgehead atoms. The molecule has 0 N–H and O–H groups in total. The summed E-state index contributed by atoms with van der Waals surface area (Å²) in [5, 5.41) is 0. The summed E-state index contributed by atoms with van der Waals surface area (Å²) >= 11 is 0. The largest absolute Gasteiger partial charge is 0.0654 e. The van der Waals surface area contributed by atoms with Crippen molar-refractivity contribution in [3.63, 3.8) is 0 Å². The molecular weight excluding hydrogens is 853 g/mol. The fourth-order valence-electron chi connectivity index (χ4n) is 11.3. The summed E-state index contributed by atoms with van der Waals surface area (Å²) < 4.78 is 0. The minimum atomic E-state index is 0.542. The predicted octanol–water partition coefficient (Wildman–Crippen LogP) is 25.8. The smallest absolute Gasteiger partial charge is 0.0323 e. The summed E-state index contributed by atoms with van der Waals surface area (Å²) in [4.78, 5) is 0. The first-order chi connectivity index (χ1) is 32.7. The van der Waals surface area contributed by atoms with E-state index in [0.29, 0.717) is 21.7 Å². The highest BCUT2D eigenvalue weighted by atomic mass is 14.5. The topological polar surface area (TPSA) is 0 Å². The van der Waals surface area contributed by atoms with Crippen LogP contribution >= 0.6 is 0 Å². The van der Waals surface area contributed by atoms with Crippen LogP contribution in [-0.2, 0) is 0 Å². The van der Waals surface area contributed by atoms with E-state index in [9.17, 15) is 0 Å². The molecule has 71 heavy (non-hydrogen) atoms. The van der Waals surface area contributed by atoms with Crippen molar-refractivity contribution < 1.29 is 0 Å². The van der Waals surface area contributed by atoms with Gasteiger partial charge in [0, 0.05) is 0 Å². The van der Waals surface area contributed by atoms with Gasteiger partial charge in [0.2, 0.25) is 0 Å². The summed E-state index contributed by atoms with van der Waals surface area (Å²) in [6, 6.07) is 0. The van der Waals surface area contributed by atoms with Crippen molar-refractivity contribution in [2.75, 3.05) is 0 Å². The first-order valence-electron chi connectivity index (χ1n) is 32.7. The van der Waals surface area contributed by atoms with Crippen LogP contribution in [0.2, 0.25) is 0 Å². The van der Waals surface area contributed by atoms with Crippen LogP contribution in [0, 0.1) is 105 Å². The Morgan fingerprint density at radius 3 is 0.930 bits per heavy atom. The van der Waals surface area contributed by atoms with Crippen molar-refractivity contribution in [2.45, 2.75) is 354 Å². The van der Waals surface area contributed by atoms with Gasteiger partial charge in [-0.15, -0.1) is 0 Å². The molecule has 7 aliphatic carbocycles. The highest BCUT2D eigenvalue weighted by molar-refractivity contribution is 4.93. The molecule has 0 saturated heterocycles. The zero-order valence-electron chi connectivity index (χ0n) is 55.8. The molecule has 0 radical (unpaired) electrons. The van der Waals surface area contributed by atoms with E-state index < -0.39 is 0 Å². The van der Waals surface area contributed by atoms with Crippen LogP contribution < -0.4 is 0 Å². The van der Waals surface area contributed by atoms with Gasteiger partial charge in [-0.25, -0.2) is 0 Å². The monoisotopic (exact) mass is 1000 g/mol. The number of hydrogen-bond acceptors (Lipinski definition) is 0. The number of rotatable bonds is 5. The molecule has 0 aromatic carbocycles. The second-order valence-electron chi connectivity index (χ2n) is 30.4. The van der Waals surface area contributed by atoms with E-state index in [2.05, 4.69) is 194 Å². The van der Waals surface area contributed by atoms with Crippen LogP contribution in [0.1, 0.15) is 354 Å².